The number of amides is 2. The summed E-state index contributed by atoms with van der Waals surface area (Å²) in [5, 5.41) is 0. The number of rotatable bonds is 9. The molecule has 2 amide bonds. The summed E-state index contributed by atoms with van der Waals surface area (Å²) >= 11 is 0. The fraction of sp³-hybridized carbons (Fsp3) is 0.379. The summed E-state index contributed by atoms with van der Waals surface area (Å²) < 4.78 is 29.7. The highest BCUT2D eigenvalue weighted by Crippen LogP contribution is 2.25. The first kappa shape index (κ1) is 25.6. The highest BCUT2D eigenvalue weighted by Gasteiger charge is 2.29. The van der Waals surface area contributed by atoms with Crippen LogP contribution in [0.15, 0.2) is 66.9 Å². The molecule has 4 rings (SSSR count). The van der Waals surface area contributed by atoms with Gasteiger partial charge in [-0.3, -0.25) is 9.59 Å². The third kappa shape index (κ3) is 6.20. The minimum absolute atomic E-state index is 0.0236. The van der Waals surface area contributed by atoms with Crippen LogP contribution in [0, 0.1) is 11.6 Å². The molecule has 1 heterocycles. The molecule has 7 heteroatoms. The molecule has 0 radical (unpaired) electrons. The lowest BCUT2D eigenvalue weighted by atomic mass is 9.94. The van der Waals surface area contributed by atoms with Crippen LogP contribution in [0.5, 0.6) is 0 Å². The lowest BCUT2D eigenvalue weighted by Crippen LogP contribution is -2.47. The zero-order chi connectivity index (χ0) is 25.5. The molecule has 0 spiro atoms. The van der Waals surface area contributed by atoms with Gasteiger partial charge in [-0.2, -0.15) is 0 Å². The molecular weight excluding hydrogens is 460 g/mol. The van der Waals surface area contributed by atoms with Crippen molar-refractivity contribution in [1.82, 2.24) is 14.4 Å². The summed E-state index contributed by atoms with van der Waals surface area (Å²) in [5.41, 5.74) is 1.92. The van der Waals surface area contributed by atoms with Crippen LogP contribution in [0.25, 0.3) is 0 Å². The van der Waals surface area contributed by atoms with Crippen molar-refractivity contribution in [3.8, 4) is 0 Å². The summed E-state index contributed by atoms with van der Waals surface area (Å²) in [7, 11) is 0. The highest BCUT2D eigenvalue weighted by molar-refractivity contribution is 5.96. The monoisotopic (exact) mass is 493 g/mol. The van der Waals surface area contributed by atoms with E-state index in [9.17, 15) is 18.4 Å². The van der Waals surface area contributed by atoms with Crippen LogP contribution in [-0.2, 0) is 17.9 Å². The Kier molecular flexibility index (Phi) is 8.52. The predicted octanol–water partition coefficient (Wildman–Crippen LogP) is 5.64. The van der Waals surface area contributed by atoms with E-state index in [0.717, 1.165) is 43.4 Å². The van der Waals surface area contributed by atoms with Gasteiger partial charge in [0, 0.05) is 31.0 Å². The van der Waals surface area contributed by atoms with Gasteiger partial charge in [-0.1, -0.05) is 43.5 Å². The molecule has 190 valence electrons. The number of hydrogen-bond acceptors (Lipinski definition) is 2. The van der Waals surface area contributed by atoms with Crippen LogP contribution in [0.4, 0.5) is 8.78 Å². The van der Waals surface area contributed by atoms with Gasteiger partial charge in [0.15, 0.2) is 0 Å². The first-order chi connectivity index (χ1) is 17.5. The molecule has 1 aliphatic carbocycles. The van der Waals surface area contributed by atoms with Crippen molar-refractivity contribution in [3.05, 3.63) is 95.3 Å². The van der Waals surface area contributed by atoms with Gasteiger partial charge in [-0.15, -0.1) is 0 Å². The van der Waals surface area contributed by atoms with Gasteiger partial charge >= 0.3 is 0 Å². The summed E-state index contributed by atoms with van der Waals surface area (Å²) in [5.74, 6) is -1.47. The molecule has 1 fully saturated rings. The van der Waals surface area contributed by atoms with Crippen LogP contribution in [0.2, 0.25) is 0 Å². The number of likely N-dealkylation sites (N-methyl/N-ethyl adjacent to an activating group) is 1. The number of carbonyl (C=O) groups is 2. The molecular formula is C29H33F2N3O2. The average molecular weight is 494 g/mol. The van der Waals surface area contributed by atoms with Gasteiger partial charge in [-0.05, 0) is 61.7 Å². The molecule has 3 aromatic rings. The summed E-state index contributed by atoms with van der Waals surface area (Å²) in [4.78, 5) is 30.0. The second-order valence-corrected chi connectivity index (χ2v) is 9.37. The summed E-state index contributed by atoms with van der Waals surface area (Å²) in [6, 6.07) is 16.3. The van der Waals surface area contributed by atoms with Crippen molar-refractivity contribution in [2.45, 2.75) is 58.2 Å². The lowest BCUT2D eigenvalue weighted by Gasteiger charge is -2.36. The van der Waals surface area contributed by atoms with E-state index in [-0.39, 0.29) is 29.9 Å². The van der Waals surface area contributed by atoms with Crippen molar-refractivity contribution in [2.75, 3.05) is 13.1 Å². The first-order valence-electron chi connectivity index (χ1n) is 12.7. The number of benzene rings is 2. The van der Waals surface area contributed by atoms with Crippen LogP contribution < -0.4 is 0 Å². The molecule has 1 saturated carbocycles. The molecule has 2 aromatic carbocycles. The standard InChI is InChI=1S/C29H33F2N3O2/c1-2-32(29(36)26-12-6-7-13-27(26)31)21-28(35)34(24-9-4-3-5-10-24)20-25-11-8-18-33(25)19-22-14-16-23(30)17-15-22/h6-8,11-18,24H,2-5,9-10,19-21H2,1H3. The van der Waals surface area contributed by atoms with Crippen molar-refractivity contribution in [3.63, 3.8) is 0 Å². The van der Waals surface area contributed by atoms with E-state index in [4.69, 9.17) is 0 Å². The third-order valence-electron chi connectivity index (χ3n) is 6.96. The maximum atomic E-state index is 14.3. The van der Waals surface area contributed by atoms with Crippen LogP contribution in [0.1, 0.15) is 60.6 Å². The van der Waals surface area contributed by atoms with E-state index >= 15 is 0 Å². The summed E-state index contributed by atoms with van der Waals surface area (Å²) in [6.07, 6.45) is 7.11. The maximum Gasteiger partial charge on any atom is 0.257 e. The number of aromatic nitrogens is 1. The quantitative estimate of drug-likeness (QED) is 0.387. The Labute approximate surface area is 211 Å². The molecule has 0 unspecified atom stereocenters. The van der Waals surface area contributed by atoms with E-state index in [0.29, 0.717) is 19.6 Å². The van der Waals surface area contributed by atoms with Crippen LogP contribution >= 0.6 is 0 Å². The van der Waals surface area contributed by atoms with E-state index in [1.165, 1.54) is 29.2 Å². The van der Waals surface area contributed by atoms with Gasteiger partial charge in [0.25, 0.3) is 5.91 Å². The molecule has 0 atom stereocenters. The Bertz CT molecular complexity index is 1170. The van der Waals surface area contributed by atoms with Crippen LogP contribution in [0.3, 0.4) is 0 Å². The predicted molar refractivity (Wildman–Crippen MR) is 135 cm³/mol. The van der Waals surface area contributed by atoms with Crippen LogP contribution in [-0.4, -0.2) is 45.3 Å². The molecule has 0 bridgehead atoms. The molecule has 1 aromatic heterocycles. The number of carbonyl (C=O) groups excluding carboxylic acids is 2. The van der Waals surface area contributed by atoms with Gasteiger partial charge in [0.1, 0.15) is 18.2 Å². The molecule has 0 saturated heterocycles. The van der Waals surface area contributed by atoms with Gasteiger partial charge in [-0.25, -0.2) is 8.78 Å². The Balaban J connectivity index is 1.53. The topological polar surface area (TPSA) is 45.6 Å². The number of hydrogen-bond donors (Lipinski definition) is 0. The Morgan fingerprint density at radius 2 is 1.67 bits per heavy atom. The minimum atomic E-state index is -0.587. The Hall–Kier alpha value is -3.48. The zero-order valence-electron chi connectivity index (χ0n) is 20.7. The smallest absolute Gasteiger partial charge is 0.257 e. The SMILES string of the molecule is CCN(CC(=O)N(Cc1cccn1Cc1ccc(F)cc1)C1CCCCC1)C(=O)c1ccccc1F. The number of nitrogens with zero attached hydrogens (tertiary/aromatic N) is 3. The van der Waals surface area contributed by atoms with E-state index in [1.807, 2.05) is 23.2 Å². The second-order valence-electron chi connectivity index (χ2n) is 9.37. The maximum absolute atomic E-state index is 14.3. The van der Waals surface area contributed by atoms with E-state index in [2.05, 4.69) is 4.57 Å². The molecule has 1 aliphatic rings. The van der Waals surface area contributed by atoms with E-state index < -0.39 is 11.7 Å². The Morgan fingerprint density at radius 3 is 2.36 bits per heavy atom. The fourth-order valence-corrected chi connectivity index (χ4v) is 4.91. The van der Waals surface area contributed by atoms with Gasteiger partial charge in [0.2, 0.25) is 5.91 Å². The summed E-state index contributed by atoms with van der Waals surface area (Å²) in [6.45, 7) is 2.99. The van der Waals surface area contributed by atoms with Crippen molar-refractivity contribution >= 4 is 11.8 Å². The van der Waals surface area contributed by atoms with Gasteiger partial charge < -0.3 is 14.4 Å². The zero-order valence-corrected chi connectivity index (χ0v) is 20.7. The molecule has 5 nitrogen and oxygen atoms in total. The number of halogens is 2. The highest BCUT2D eigenvalue weighted by atomic mass is 19.1. The Morgan fingerprint density at radius 1 is 0.944 bits per heavy atom. The van der Waals surface area contributed by atoms with E-state index in [1.54, 1.807) is 31.2 Å². The molecule has 36 heavy (non-hydrogen) atoms. The molecule has 0 N–H and O–H groups in total. The molecule has 0 aliphatic heterocycles. The average Bonchev–Trinajstić information content (AvgIpc) is 3.34. The largest absolute Gasteiger partial charge is 0.345 e. The minimum Gasteiger partial charge on any atom is -0.345 e. The first-order valence-corrected chi connectivity index (χ1v) is 12.7. The third-order valence-corrected chi connectivity index (χ3v) is 6.96. The fourth-order valence-electron chi connectivity index (χ4n) is 4.91. The van der Waals surface area contributed by atoms with Crippen molar-refractivity contribution in [1.29, 1.82) is 0 Å². The van der Waals surface area contributed by atoms with Crippen molar-refractivity contribution < 1.29 is 18.4 Å². The normalized spacial score (nSPS) is 14.0. The lowest BCUT2D eigenvalue weighted by molar-refractivity contribution is -0.135. The van der Waals surface area contributed by atoms with Gasteiger partial charge in [0.05, 0.1) is 12.1 Å². The second kappa shape index (κ2) is 12.0. The van der Waals surface area contributed by atoms with Crippen molar-refractivity contribution in [2.24, 2.45) is 0 Å².